The van der Waals surface area contributed by atoms with Crippen LogP contribution in [0, 0.1) is 10.6 Å². The van der Waals surface area contributed by atoms with Crippen LogP contribution < -0.4 is 4.90 Å². The average molecular weight is 263 g/mol. The molecule has 0 amide bonds. The molecule has 0 saturated heterocycles. The molecule has 1 rings (SSSR count). The fraction of sp³-hybridized carbons (Fsp3) is 0.429. The first-order valence-corrected chi connectivity index (χ1v) is 4.35. The molecule has 0 aliphatic heterocycles. The van der Waals surface area contributed by atoms with Gasteiger partial charge in [0.2, 0.25) is 0 Å². The smallest absolute Gasteiger partial charge is 0.146 e. The van der Waals surface area contributed by atoms with Crippen molar-refractivity contribution in [2.45, 2.75) is 6.92 Å². The molecule has 0 saturated carbocycles. The van der Waals surface area contributed by atoms with Crippen molar-refractivity contribution in [1.82, 2.24) is 9.97 Å². The van der Waals surface area contributed by atoms with Crippen molar-refractivity contribution in [2.24, 2.45) is 0 Å². The molecule has 1 aromatic heterocycles. The third-order valence-corrected chi connectivity index (χ3v) is 2.39. The third kappa shape index (κ3) is 2.02. The van der Waals surface area contributed by atoms with Crippen LogP contribution in [0.4, 0.5) is 5.82 Å². The molecule has 0 aromatic carbocycles. The molecule has 0 fully saturated rings. The summed E-state index contributed by atoms with van der Waals surface area (Å²) >= 11 is 2.17. The van der Waals surface area contributed by atoms with Crippen LogP contribution >= 0.6 is 22.6 Å². The van der Waals surface area contributed by atoms with Crippen LogP contribution in [0.1, 0.15) is 5.69 Å². The van der Waals surface area contributed by atoms with Crippen molar-refractivity contribution < 1.29 is 0 Å². The topological polar surface area (TPSA) is 29.0 Å². The number of hydrogen-bond donors (Lipinski definition) is 0. The van der Waals surface area contributed by atoms with Gasteiger partial charge in [-0.3, -0.25) is 0 Å². The molecule has 0 N–H and O–H groups in total. The van der Waals surface area contributed by atoms with Gasteiger partial charge in [0.1, 0.15) is 9.52 Å². The maximum Gasteiger partial charge on any atom is 0.146 e. The van der Waals surface area contributed by atoms with E-state index in [1.54, 1.807) is 6.20 Å². The first-order valence-electron chi connectivity index (χ1n) is 3.27. The lowest BCUT2D eigenvalue weighted by molar-refractivity contribution is 0.996. The Bertz CT molecular complexity index is 260. The molecule has 0 aliphatic rings. The predicted molar refractivity (Wildman–Crippen MR) is 53.8 cm³/mol. The van der Waals surface area contributed by atoms with Gasteiger partial charge in [0.25, 0.3) is 0 Å². The number of halogens is 1. The Labute approximate surface area is 80.0 Å². The fourth-order valence-corrected chi connectivity index (χ4v) is 0.930. The summed E-state index contributed by atoms with van der Waals surface area (Å²) in [6, 6.07) is 0. The molecular formula is C7H10IN3. The Morgan fingerprint density at radius 3 is 2.55 bits per heavy atom. The van der Waals surface area contributed by atoms with E-state index in [4.69, 9.17) is 0 Å². The monoisotopic (exact) mass is 263 g/mol. The van der Waals surface area contributed by atoms with Crippen LogP contribution in [0.2, 0.25) is 0 Å². The Hall–Kier alpha value is -0.390. The predicted octanol–water partition coefficient (Wildman–Crippen LogP) is 1.46. The van der Waals surface area contributed by atoms with Crippen LogP contribution in [0.5, 0.6) is 0 Å². The second-order valence-electron chi connectivity index (χ2n) is 2.50. The van der Waals surface area contributed by atoms with Gasteiger partial charge in [-0.15, -0.1) is 0 Å². The summed E-state index contributed by atoms with van der Waals surface area (Å²) in [7, 11) is 3.91. The Morgan fingerprint density at radius 2 is 2.09 bits per heavy atom. The Morgan fingerprint density at radius 1 is 1.45 bits per heavy atom. The highest BCUT2D eigenvalue weighted by molar-refractivity contribution is 14.1. The van der Waals surface area contributed by atoms with Gasteiger partial charge in [0.15, 0.2) is 0 Å². The van der Waals surface area contributed by atoms with Crippen molar-refractivity contribution in [3.8, 4) is 0 Å². The van der Waals surface area contributed by atoms with Gasteiger partial charge in [-0.1, -0.05) is 0 Å². The number of aromatic nitrogens is 2. The number of nitrogens with zero attached hydrogens (tertiary/aromatic N) is 3. The number of rotatable bonds is 1. The maximum atomic E-state index is 4.33. The highest BCUT2D eigenvalue weighted by atomic mass is 127. The van der Waals surface area contributed by atoms with Crippen LogP contribution in [0.25, 0.3) is 0 Å². The standard InChI is InChI=1S/C7H10IN3/c1-5-7(8)9-4-6(10-5)11(2)3/h4H,1-3H3. The van der Waals surface area contributed by atoms with Crippen LogP contribution in [-0.4, -0.2) is 24.1 Å². The summed E-state index contributed by atoms with van der Waals surface area (Å²) < 4.78 is 0.966. The minimum atomic E-state index is 0.905. The summed E-state index contributed by atoms with van der Waals surface area (Å²) in [5.41, 5.74) is 0.983. The quantitative estimate of drug-likeness (QED) is 0.718. The SMILES string of the molecule is Cc1nc(N(C)C)cnc1I. The van der Waals surface area contributed by atoms with E-state index in [1.165, 1.54) is 0 Å². The molecule has 0 bridgehead atoms. The van der Waals surface area contributed by atoms with Crippen LogP contribution in [0.15, 0.2) is 6.20 Å². The molecule has 60 valence electrons. The zero-order valence-electron chi connectivity index (χ0n) is 6.80. The van der Waals surface area contributed by atoms with Crippen molar-refractivity contribution in [3.63, 3.8) is 0 Å². The van der Waals surface area contributed by atoms with E-state index in [-0.39, 0.29) is 0 Å². The van der Waals surface area contributed by atoms with E-state index in [0.717, 1.165) is 15.2 Å². The van der Waals surface area contributed by atoms with E-state index < -0.39 is 0 Å². The number of anilines is 1. The van der Waals surface area contributed by atoms with Gasteiger partial charge in [-0.05, 0) is 29.5 Å². The normalized spacial score (nSPS) is 9.82. The fourth-order valence-electron chi connectivity index (χ4n) is 0.670. The van der Waals surface area contributed by atoms with Crippen molar-refractivity contribution in [3.05, 3.63) is 15.6 Å². The van der Waals surface area contributed by atoms with Gasteiger partial charge in [0.05, 0.1) is 11.9 Å². The Kier molecular flexibility index (Phi) is 2.64. The van der Waals surface area contributed by atoms with E-state index in [2.05, 4.69) is 32.6 Å². The molecule has 1 heterocycles. The molecule has 3 nitrogen and oxygen atoms in total. The second kappa shape index (κ2) is 3.34. The first kappa shape index (κ1) is 8.70. The van der Waals surface area contributed by atoms with Gasteiger partial charge >= 0.3 is 0 Å². The van der Waals surface area contributed by atoms with Gasteiger partial charge in [-0.25, -0.2) is 9.97 Å². The molecular weight excluding hydrogens is 253 g/mol. The molecule has 1 aromatic rings. The van der Waals surface area contributed by atoms with Crippen molar-refractivity contribution in [2.75, 3.05) is 19.0 Å². The van der Waals surface area contributed by atoms with E-state index in [9.17, 15) is 0 Å². The van der Waals surface area contributed by atoms with Crippen molar-refractivity contribution in [1.29, 1.82) is 0 Å². The lowest BCUT2D eigenvalue weighted by atomic mass is 10.5. The highest BCUT2D eigenvalue weighted by Crippen LogP contribution is 2.10. The van der Waals surface area contributed by atoms with Gasteiger partial charge in [-0.2, -0.15) is 0 Å². The molecule has 0 atom stereocenters. The first-order chi connectivity index (χ1) is 5.11. The summed E-state index contributed by atoms with van der Waals surface area (Å²) in [5, 5.41) is 0. The molecule has 11 heavy (non-hydrogen) atoms. The summed E-state index contributed by atoms with van der Waals surface area (Å²) in [6.07, 6.45) is 1.77. The number of aryl methyl sites for hydroxylation is 1. The van der Waals surface area contributed by atoms with E-state index in [1.807, 2.05) is 25.9 Å². The molecule has 0 radical (unpaired) electrons. The molecule has 0 unspecified atom stereocenters. The maximum absolute atomic E-state index is 4.33. The summed E-state index contributed by atoms with van der Waals surface area (Å²) in [6.45, 7) is 1.96. The minimum Gasteiger partial charge on any atom is -0.361 e. The zero-order valence-corrected chi connectivity index (χ0v) is 8.95. The van der Waals surface area contributed by atoms with E-state index >= 15 is 0 Å². The second-order valence-corrected chi connectivity index (χ2v) is 3.52. The van der Waals surface area contributed by atoms with Gasteiger partial charge in [0, 0.05) is 14.1 Å². The van der Waals surface area contributed by atoms with Crippen LogP contribution in [0.3, 0.4) is 0 Å². The molecule has 4 heteroatoms. The third-order valence-electron chi connectivity index (χ3n) is 1.33. The lowest BCUT2D eigenvalue weighted by Gasteiger charge is -2.10. The summed E-state index contributed by atoms with van der Waals surface area (Å²) in [5.74, 6) is 0.905. The highest BCUT2D eigenvalue weighted by Gasteiger charge is 2.00. The molecule has 0 spiro atoms. The summed E-state index contributed by atoms with van der Waals surface area (Å²) in [4.78, 5) is 10.5. The zero-order chi connectivity index (χ0) is 8.43. The van der Waals surface area contributed by atoms with E-state index in [0.29, 0.717) is 0 Å². The van der Waals surface area contributed by atoms with Crippen molar-refractivity contribution >= 4 is 28.4 Å². The number of hydrogen-bond acceptors (Lipinski definition) is 3. The van der Waals surface area contributed by atoms with Crippen LogP contribution in [-0.2, 0) is 0 Å². The average Bonchev–Trinajstić information content (AvgIpc) is 1.94. The largest absolute Gasteiger partial charge is 0.361 e. The van der Waals surface area contributed by atoms with Gasteiger partial charge < -0.3 is 4.90 Å². The Balaban J connectivity index is 3.05. The lowest BCUT2D eigenvalue weighted by Crippen LogP contribution is -2.12. The molecule has 0 aliphatic carbocycles. The minimum absolute atomic E-state index is 0.905.